The topological polar surface area (TPSA) is 64.4 Å². The van der Waals surface area contributed by atoms with E-state index in [1.807, 2.05) is 0 Å². The number of carbonyl (C=O) groups excluding carboxylic acids is 1. The average Bonchev–Trinajstić information content (AvgIpc) is 2.00. The van der Waals surface area contributed by atoms with Gasteiger partial charge >= 0.3 is 0 Å². The van der Waals surface area contributed by atoms with Crippen LogP contribution in [0.3, 0.4) is 0 Å². The lowest BCUT2D eigenvalue weighted by Crippen LogP contribution is -2.43. The molecular weight excluding hydrogens is 144 g/mol. The van der Waals surface area contributed by atoms with Gasteiger partial charge in [0.05, 0.1) is 6.61 Å². The highest BCUT2D eigenvalue weighted by Gasteiger charge is 2.10. The molecule has 0 aliphatic rings. The molecule has 0 aromatic heterocycles. The number of ether oxygens (including phenoxy) is 1. The highest BCUT2D eigenvalue weighted by molar-refractivity contribution is 5.81. The number of carbonyl (C=O) groups is 1. The fourth-order valence-corrected chi connectivity index (χ4v) is 0.559. The summed E-state index contributed by atoms with van der Waals surface area (Å²) >= 11 is 0. The van der Waals surface area contributed by atoms with Crippen LogP contribution in [0.15, 0.2) is 12.7 Å². The van der Waals surface area contributed by atoms with Gasteiger partial charge in [-0.1, -0.05) is 6.08 Å². The summed E-state index contributed by atoms with van der Waals surface area (Å²) in [4.78, 5) is 10.9. The van der Waals surface area contributed by atoms with Crippen LogP contribution >= 0.6 is 0 Å². The Morgan fingerprint density at radius 1 is 1.91 bits per heavy atom. The van der Waals surface area contributed by atoms with Crippen LogP contribution in [0.1, 0.15) is 0 Å². The number of hydrogen-bond donors (Lipinski definition) is 2. The second kappa shape index (κ2) is 5.88. The molecule has 0 heterocycles. The quantitative estimate of drug-likeness (QED) is 0.518. The first-order valence-electron chi connectivity index (χ1n) is 3.35. The zero-order chi connectivity index (χ0) is 8.69. The van der Waals surface area contributed by atoms with Gasteiger partial charge in [0.25, 0.3) is 0 Å². The van der Waals surface area contributed by atoms with Crippen molar-refractivity contribution in [3.05, 3.63) is 12.7 Å². The van der Waals surface area contributed by atoms with E-state index in [9.17, 15) is 4.79 Å². The zero-order valence-electron chi connectivity index (χ0n) is 6.67. The number of methoxy groups -OCH3 is 1. The smallest absolute Gasteiger partial charge is 0.239 e. The highest BCUT2D eigenvalue weighted by Crippen LogP contribution is 1.79. The number of hydrogen-bond acceptors (Lipinski definition) is 3. The van der Waals surface area contributed by atoms with Crippen LogP contribution in [0.4, 0.5) is 0 Å². The maximum atomic E-state index is 10.9. The highest BCUT2D eigenvalue weighted by atomic mass is 16.5. The molecule has 3 N–H and O–H groups in total. The molecule has 1 amide bonds. The van der Waals surface area contributed by atoms with E-state index in [-0.39, 0.29) is 12.5 Å². The minimum absolute atomic E-state index is 0.216. The van der Waals surface area contributed by atoms with Crippen LogP contribution in [0, 0.1) is 0 Å². The SMILES string of the molecule is C=CCNC(=O)C(N)COC. The van der Waals surface area contributed by atoms with E-state index in [4.69, 9.17) is 10.5 Å². The normalized spacial score (nSPS) is 12.2. The minimum Gasteiger partial charge on any atom is -0.383 e. The van der Waals surface area contributed by atoms with Gasteiger partial charge in [-0.2, -0.15) is 0 Å². The summed E-state index contributed by atoms with van der Waals surface area (Å²) in [6, 6.07) is -0.583. The molecule has 0 aromatic carbocycles. The van der Waals surface area contributed by atoms with Gasteiger partial charge in [-0.3, -0.25) is 4.79 Å². The van der Waals surface area contributed by atoms with Gasteiger partial charge in [-0.05, 0) is 0 Å². The molecule has 0 fully saturated rings. The second-order valence-electron chi connectivity index (χ2n) is 2.10. The summed E-state index contributed by atoms with van der Waals surface area (Å²) in [5.74, 6) is -0.216. The molecule has 0 spiro atoms. The Kier molecular flexibility index (Phi) is 5.42. The molecule has 4 nitrogen and oxygen atoms in total. The number of nitrogens with two attached hydrogens (primary N) is 1. The molecule has 0 radical (unpaired) electrons. The molecule has 4 heteroatoms. The molecule has 64 valence electrons. The van der Waals surface area contributed by atoms with Crippen molar-refractivity contribution in [2.24, 2.45) is 5.73 Å². The van der Waals surface area contributed by atoms with Crippen LogP contribution in [-0.4, -0.2) is 32.2 Å². The molecule has 0 saturated heterocycles. The van der Waals surface area contributed by atoms with Crippen LogP contribution in [0.2, 0.25) is 0 Å². The molecule has 1 atom stereocenters. The second-order valence-corrected chi connectivity index (χ2v) is 2.10. The average molecular weight is 158 g/mol. The molecule has 0 rings (SSSR count). The maximum absolute atomic E-state index is 10.9. The van der Waals surface area contributed by atoms with Gasteiger partial charge in [0.15, 0.2) is 0 Å². The first-order chi connectivity index (χ1) is 5.22. The van der Waals surface area contributed by atoms with Gasteiger partial charge in [-0.15, -0.1) is 6.58 Å². The summed E-state index contributed by atoms with van der Waals surface area (Å²) in [5, 5.41) is 2.55. The van der Waals surface area contributed by atoms with Gasteiger partial charge in [-0.25, -0.2) is 0 Å². The van der Waals surface area contributed by atoms with E-state index < -0.39 is 6.04 Å². The van der Waals surface area contributed by atoms with E-state index in [0.29, 0.717) is 6.54 Å². The van der Waals surface area contributed by atoms with Crippen molar-refractivity contribution in [2.45, 2.75) is 6.04 Å². The Labute approximate surface area is 66.4 Å². The predicted molar refractivity (Wildman–Crippen MR) is 43.1 cm³/mol. The Morgan fingerprint density at radius 3 is 3.00 bits per heavy atom. The van der Waals surface area contributed by atoms with Gasteiger partial charge in [0.2, 0.25) is 5.91 Å². The van der Waals surface area contributed by atoms with Gasteiger partial charge in [0.1, 0.15) is 6.04 Å². The Balaban J connectivity index is 3.54. The Bertz CT molecular complexity index is 136. The molecule has 0 aromatic rings. The number of amides is 1. The number of nitrogens with one attached hydrogen (secondary N) is 1. The summed E-state index contributed by atoms with van der Waals surface area (Å²) in [5.41, 5.74) is 5.40. The molecule has 0 aliphatic carbocycles. The summed E-state index contributed by atoms with van der Waals surface area (Å²) in [6.45, 7) is 4.13. The molecule has 0 saturated carbocycles. The van der Waals surface area contributed by atoms with E-state index in [1.165, 1.54) is 7.11 Å². The summed E-state index contributed by atoms with van der Waals surface area (Å²) in [6.07, 6.45) is 1.59. The van der Waals surface area contributed by atoms with Crippen molar-refractivity contribution in [3.63, 3.8) is 0 Å². The van der Waals surface area contributed by atoms with Crippen molar-refractivity contribution >= 4 is 5.91 Å². The van der Waals surface area contributed by atoms with Gasteiger partial charge in [0, 0.05) is 13.7 Å². The van der Waals surface area contributed by atoms with Crippen LogP contribution in [0.5, 0.6) is 0 Å². The molecule has 0 aliphatic heterocycles. The lowest BCUT2D eigenvalue weighted by atomic mass is 10.3. The summed E-state index contributed by atoms with van der Waals surface area (Å²) in [7, 11) is 1.50. The largest absolute Gasteiger partial charge is 0.383 e. The maximum Gasteiger partial charge on any atom is 0.239 e. The minimum atomic E-state index is -0.583. The third-order valence-corrected chi connectivity index (χ3v) is 1.10. The van der Waals surface area contributed by atoms with Crippen molar-refractivity contribution in [1.82, 2.24) is 5.32 Å². The van der Waals surface area contributed by atoms with Crippen molar-refractivity contribution < 1.29 is 9.53 Å². The molecule has 1 unspecified atom stereocenters. The van der Waals surface area contributed by atoms with Crippen molar-refractivity contribution in [3.8, 4) is 0 Å². The molecule has 11 heavy (non-hydrogen) atoms. The Hall–Kier alpha value is -0.870. The van der Waals surface area contributed by atoms with Crippen LogP contribution in [0.25, 0.3) is 0 Å². The van der Waals surface area contributed by atoms with E-state index in [1.54, 1.807) is 6.08 Å². The Morgan fingerprint density at radius 2 is 2.55 bits per heavy atom. The van der Waals surface area contributed by atoms with Crippen molar-refractivity contribution in [1.29, 1.82) is 0 Å². The van der Waals surface area contributed by atoms with Crippen LogP contribution in [-0.2, 0) is 9.53 Å². The van der Waals surface area contributed by atoms with E-state index >= 15 is 0 Å². The van der Waals surface area contributed by atoms with E-state index in [0.717, 1.165) is 0 Å². The van der Waals surface area contributed by atoms with Crippen molar-refractivity contribution in [2.75, 3.05) is 20.3 Å². The van der Waals surface area contributed by atoms with Gasteiger partial charge < -0.3 is 15.8 Å². The standard InChI is InChI=1S/C7H14N2O2/c1-3-4-9-7(10)6(8)5-11-2/h3,6H,1,4-5,8H2,2H3,(H,9,10). The zero-order valence-corrected chi connectivity index (χ0v) is 6.67. The number of rotatable bonds is 5. The summed E-state index contributed by atoms with van der Waals surface area (Å²) < 4.78 is 4.69. The third kappa shape index (κ3) is 4.52. The predicted octanol–water partition coefficient (Wildman–Crippen LogP) is -0.738. The fourth-order valence-electron chi connectivity index (χ4n) is 0.559. The van der Waals surface area contributed by atoms with E-state index in [2.05, 4.69) is 11.9 Å². The lowest BCUT2D eigenvalue weighted by Gasteiger charge is -2.08. The first kappa shape index (κ1) is 10.1. The van der Waals surface area contributed by atoms with Crippen LogP contribution < -0.4 is 11.1 Å². The molecular formula is C7H14N2O2. The lowest BCUT2D eigenvalue weighted by molar-refractivity contribution is -0.123. The monoisotopic (exact) mass is 158 g/mol. The third-order valence-electron chi connectivity index (χ3n) is 1.10. The molecule has 0 bridgehead atoms. The fraction of sp³-hybridized carbons (Fsp3) is 0.571. The first-order valence-corrected chi connectivity index (χ1v) is 3.35.